The third kappa shape index (κ3) is 7.23. The minimum absolute atomic E-state index is 0.0248. The largest absolute Gasteiger partial charge is 0.487 e. The normalized spacial score (nSPS) is 15.1. The fourth-order valence-corrected chi connectivity index (χ4v) is 7.22. The van der Waals surface area contributed by atoms with Crippen LogP contribution in [0.4, 0.5) is 13.2 Å². The molecule has 0 spiro atoms. The van der Waals surface area contributed by atoms with Crippen LogP contribution >= 0.6 is 80.3 Å². The lowest BCUT2D eigenvalue weighted by Crippen LogP contribution is -2.41. The molecule has 234 valence electrons. The summed E-state index contributed by atoms with van der Waals surface area (Å²) in [7, 11) is 0. The van der Waals surface area contributed by atoms with E-state index in [2.05, 4.69) is 4.99 Å². The lowest BCUT2D eigenvalue weighted by atomic mass is 9.95. The summed E-state index contributed by atoms with van der Waals surface area (Å²) in [5.41, 5.74) is -1.64. The van der Waals surface area contributed by atoms with Gasteiger partial charge in [-0.2, -0.15) is 13.2 Å². The molecule has 5 rings (SSSR count). The SMILES string of the molecule is CCOC(=O)C1=C(C(F)(F)F)N=c2s/c(=C\c3cc(Cl)cc(I)c3OCc3ccc(Cl)c(Cl)c3)c(=O)n2[C@H]1c1ccc(Cl)cc1. The van der Waals surface area contributed by atoms with Crippen LogP contribution in [0.25, 0.3) is 6.08 Å². The maximum atomic E-state index is 14.4. The Kier molecular flexibility index (Phi) is 10.3. The zero-order valence-corrected chi connectivity index (χ0v) is 28.7. The summed E-state index contributed by atoms with van der Waals surface area (Å²) in [6, 6.07) is 12.5. The molecular formula is C30H18Cl4F3IN2O4S. The van der Waals surface area contributed by atoms with Crippen LogP contribution in [0.2, 0.25) is 20.1 Å². The Morgan fingerprint density at radius 3 is 2.40 bits per heavy atom. The van der Waals surface area contributed by atoms with E-state index in [9.17, 15) is 22.8 Å². The van der Waals surface area contributed by atoms with E-state index in [0.29, 0.717) is 35.0 Å². The molecule has 15 heteroatoms. The number of benzene rings is 3. The molecule has 1 aliphatic heterocycles. The summed E-state index contributed by atoms with van der Waals surface area (Å²) in [6.45, 7) is 1.36. The molecule has 6 nitrogen and oxygen atoms in total. The first-order valence-electron chi connectivity index (χ1n) is 12.9. The summed E-state index contributed by atoms with van der Waals surface area (Å²) in [5.74, 6) is -0.875. The van der Waals surface area contributed by atoms with E-state index in [1.165, 1.54) is 37.3 Å². The Bertz CT molecular complexity index is 2030. The van der Waals surface area contributed by atoms with Crippen molar-refractivity contribution in [3.63, 3.8) is 0 Å². The topological polar surface area (TPSA) is 69.9 Å². The van der Waals surface area contributed by atoms with Gasteiger partial charge in [-0.15, -0.1) is 0 Å². The number of nitrogens with zero attached hydrogens (tertiary/aromatic N) is 2. The summed E-state index contributed by atoms with van der Waals surface area (Å²) >= 11 is 27.3. The molecule has 0 amide bonds. The quantitative estimate of drug-likeness (QED) is 0.140. The van der Waals surface area contributed by atoms with Gasteiger partial charge in [-0.1, -0.05) is 75.9 Å². The molecule has 0 saturated carbocycles. The van der Waals surface area contributed by atoms with E-state index < -0.39 is 35.0 Å². The van der Waals surface area contributed by atoms with Gasteiger partial charge in [0.2, 0.25) is 0 Å². The maximum absolute atomic E-state index is 14.4. The molecule has 1 atom stereocenters. The minimum Gasteiger partial charge on any atom is -0.487 e. The Morgan fingerprint density at radius 1 is 1.04 bits per heavy atom. The van der Waals surface area contributed by atoms with Crippen LogP contribution in [0.1, 0.15) is 29.7 Å². The zero-order chi connectivity index (χ0) is 32.6. The van der Waals surface area contributed by atoms with Crippen LogP contribution in [0.3, 0.4) is 0 Å². The second-order valence-corrected chi connectivity index (χ2v) is 13.3. The molecule has 0 saturated heterocycles. The summed E-state index contributed by atoms with van der Waals surface area (Å²) in [5, 5.41) is 1.38. The molecule has 3 aromatic carbocycles. The molecule has 0 fully saturated rings. The van der Waals surface area contributed by atoms with Crippen LogP contribution in [0, 0.1) is 3.57 Å². The van der Waals surface area contributed by atoms with Crippen LogP contribution < -0.4 is 19.6 Å². The number of esters is 1. The van der Waals surface area contributed by atoms with Crippen molar-refractivity contribution >= 4 is 92.4 Å². The number of allylic oxidation sites excluding steroid dienone is 1. The zero-order valence-electron chi connectivity index (χ0n) is 22.7. The van der Waals surface area contributed by atoms with Gasteiger partial charge in [-0.25, -0.2) is 9.79 Å². The first-order chi connectivity index (χ1) is 21.3. The van der Waals surface area contributed by atoms with E-state index >= 15 is 0 Å². The molecule has 1 aromatic heterocycles. The number of carbonyl (C=O) groups excluding carboxylic acids is 1. The molecule has 0 unspecified atom stereocenters. The molecule has 2 heterocycles. The Balaban J connectivity index is 1.70. The van der Waals surface area contributed by atoms with Gasteiger partial charge in [0.05, 0.1) is 36.4 Å². The molecule has 0 aliphatic carbocycles. The number of halogens is 8. The lowest BCUT2D eigenvalue weighted by molar-refractivity contribution is -0.140. The number of hydrogen-bond acceptors (Lipinski definition) is 6. The second-order valence-electron chi connectivity index (χ2n) is 9.46. The first kappa shape index (κ1) is 33.8. The standard InChI is InChI=1S/C30H18Cl4F3IN2O4S/c1-2-43-28(42)23-24(15-4-6-17(31)7-5-15)40-27(41)22(45-29(40)39-26(23)30(35,36)37)11-16-10-18(32)12-21(38)25(16)44-13-14-3-8-19(33)20(34)9-14/h3-12,24H,2,13H2,1H3/b22-11-/t24-/m0/s1. The van der Waals surface area contributed by atoms with Crippen molar-refractivity contribution in [3.8, 4) is 5.75 Å². The van der Waals surface area contributed by atoms with Crippen molar-refractivity contribution in [2.24, 2.45) is 4.99 Å². The van der Waals surface area contributed by atoms with Gasteiger partial charge >= 0.3 is 12.1 Å². The van der Waals surface area contributed by atoms with Crippen molar-refractivity contribution in [1.82, 2.24) is 4.57 Å². The Hall–Kier alpha value is -2.55. The predicted octanol–water partition coefficient (Wildman–Crippen LogP) is 8.14. The first-order valence-corrected chi connectivity index (χ1v) is 16.3. The summed E-state index contributed by atoms with van der Waals surface area (Å²) in [6.07, 6.45) is -3.57. The molecule has 4 aromatic rings. The van der Waals surface area contributed by atoms with Crippen LogP contribution in [0.15, 0.2) is 75.7 Å². The molecule has 45 heavy (non-hydrogen) atoms. The van der Waals surface area contributed by atoms with Crippen molar-refractivity contribution < 1.29 is 27.4 Å². The highest BCUT2D eigenvalue weighted by Gasteiger charge is 2.45. The Morgan fingerprint density at radius 2 is 1.76 bits per heavy atom. The van der Waals surface area contributed by atoms with Crippen molar-refractivity contribution in [1.29, 1.82) is 0 Å². The smallest absolute Gasteiger partial charge is 0.434 e. The number of rotatable bonds is 7. The van der Waals surface area contributed by atoms with Gasteiger partial charge in [-0.3, -0.25) is 9.36 Å². The van der Waals surface area contributed by atoms with E-state index in [-0.39, 0.29) is 28.1 Å². The van der Waals surface area contributed by atoms with Crippen molar-refractivity contribution in [2.75, 3.05) is 6.61 Å². The van der Waals surface area contributed by atoms with Crippen LogP contribution in [-0.4, -0.2) is 23.3 Å². The number of alkyl halides is 3. The maximum Gasteiger partial charge on any atom is 0.434 e. The number of fused-ring (bicyclic) bond motifs is 1. The summed E-state index contributed by atoms with van der Waals surface area (Å²) in [4.78, 5) is 30.5. The molecule has 0 bridgehead atoms. The van der Waals surface area contributed by atoms with E-state index in [0.717, 1.165) is 21.5 Å². The summed E-state index contributed by atoms with van der Waals surface area (Å²) < 4.78 is 56.0. The van der Waals surface area contributed by atoms with Crippen LogP contribution in [-0.2, 0) is 16.1 Å². The average molecular weight is 828 g/mol. The molecular weight excluding hydrogens is 810 g/mol. The second kappa shape index (κ2) is 13.7. The monoisotopic (exact) mass is 826 g/mol. The number of thiazole rings is 1. The highest BCUT2D eigenvalue weighted by molar-refractivity contribution is 14.1. The average Bonchev–Trinajstić information content (AvgIpc) is 3.28. The number of hydrogen-bond donors (Lipinski definition) is 0. The van der Waals surface area contributed by atoms with Crippen molar-refractivity contribution in [2.45, 2.75) is 25.7 Å². The number of aromatic nitrogens is 1. The highest BCUT2D eigenvalue weighted by atomic mass is 127. The van der Waals surface area contributed by atoms with Crippen molar-refractivity contribution in [3.05, 3.63) is 126 Å². The molecule has 0 radical (unpaired) electrons. The fraction of sp³-hybridized carbons (Fsp3) is 0.167. The third-order valence-corrected chi connectivity index (χ3v) is 9.47. The van der Waals surface area contributed by atoms with Gasteiger partial charge < -0.3 is 9.47 Å². The van der Waals surface area contributed by atoms with Gasteiger partial charge in [-0.05, 0) is 83.1 Å². The van der Waals surface area contributed by atoms with E-state index in [1.54, 1.807) is 30.3 Å². The fourth-order valence-electron chi connectivity index (χ4n) is 4.57. The van der Waals surface area contributed by atoms with Gasteiger partial charge in [0.25, 0.3) is 5.56 Å². The van der Waals surface area contributed by atoms with Gasteiger partial charge in [0.1, 0.15) is 12.4 Å². The van der Waals surface area contributed by atoms with Gasteiger partial charge in [0, 0.05) is 15.6 Å². The van der Waals surface area contributed by atoms with Crippen LogP contribution in [0.5, 0.6) is 5.75 Å². The minimum atomic E-state index is -5.03. The number of carbonyl (C=O) groups is 1. The van der Waals surface area contributed by atoms with E-state index in [1.807, 2.05) is 22.6 Å². The van der Waals surface area contributed by atoms with E-state index in [4.69, 9.17) is 55.9 Å². The highest BCUT2D eigenvalue weighted by Crippen LogP contribution is 2.39. The Labute approximate surface area is 291 Å². The lowest BCUT2D eigenvalue weighted by Gasteiger charge is -2.26. The predicted molar refractivity (Wildman–Crippen MR) is 177 cm³/mol. The van der Waals surface area contributed by atoms with Gasteiger partial charge in [0.15, 0.2) is 10.5 Å². The third-order valence-electron chi connectivity index (χ3n) is 6.47. The molecule has 1 aliphatic rings. The number of ether oxygens (including phenoxy) is 2. The molecule has 0 N–H and O–H groups in total.